The molecule has 1 heterocycles. The van der Waals surface area contributed by atoms with Crippen molar-refractivity contribution in [2.75, 3.05) is 13.1 Å². The first-order chi connectivity index (χ1) is 15.3. The quantitative estimate of drug-likeness (QED) is 0.552. The molecular weight excluding hydrogens is 384 g/mol. The average Bonchev–Trinajstić information content (AvgIpc) is 2.83. The third-order valence-electron chi connectivity index (χ3n) is 5.70. The molecule has 4 rings (SSSR count). The van der Waals surface area contributed by atoms with Gasteiger partial charge in [-0.15, -0.1) is 0 Å². The van der Waals surface area contributed by atoms with E-state index in [9.17, 15) is 4.79 Å². The molecule has 3 aromatic rings. The molecule has 0 atom stereocenters. The minimum Gasteiger partial charge on any atom is -0.488 e. The Morgan fingerprint density at radius 2 is 1.45 bits per heavy atom. The molecule has 0 aromatic heterocycles. The first kappa shape index (κ1) is 21.1. The van der Waals surface area contributed by atoms with Gasteiger partial charge in [0.1, 0.15) is 12.4 Å². The van der Waals surface area contributed by atoms with Crippen LogP contribution in [-0.4, -0.2) is 23.9 Å². The number of amides is 1. The zero-order valence-corrected chi connectivity index (χ0v) is 17.9. The van der Waals surface area contributed by atoms with E-state index in [2.05, 4.69) is 34.5 Å². The highest BCUT2D eigenvalue weighted by molar-refractivity contribution is 5.96. The van der Waals surface area contributed by atoms with E-state index in [1.807, 2.05) is 48.5 Å². The molecule has 1 amide bonds. The normalized spacial score (nSPS) is 14.2. The first-order valence-electron chi connectivity index (χ1n) is 11.1. The van der Waals surface area contributed by atoms with Gasteiger partial charge >= 0.3 is 0 Å². The monoisotopic (exact) mass is 414 g/mol. The van der Waals surface area contributed by atoms with Crippen molar-refractivity contribution in [3.63, 3.8) is 0 Å². The van der Waals surface area contributed by atoms with Crippen LogP contribution in [0.4, 0.5) is 0 Å². The van der Waals surface area contributed by atoms with Gasteiger partial charge < -0.3 is 10.1 Å². The molecule has 160 valence electrons. The van der Waals surface area contributed by atoms with Gasteiger partial charge in [0.2, 0.25) is 0 Å². The Morgan fingerprint density at radius 3 is 2.23 bits per heavy atom. The molecule has 0 bridgehead atoms. The molecule has 1 saturated heterocycles. The van der Waals surface area contributed by atoms with Crippen LogP contribution in [0.2, 0.25) is 0 Å². The smallest absolute Gasteiger partial charge is 0.255 e. The van der Waals surface area contributed by atoms with Crippen LogP contribution in [0.3, 0.4) is 0 Å². The van der Waals surface area contributed by atoms with Crippen LogP contribution in [-0.2, 0) is 19.7 Å². The Balaban J connectivity index is 1.31. The lowest BCUT2D eigenvalue weighted by Gasteiger charge is -2.26. The van der Waals surface area contributed by atoms with Gasteiger partial charge in [-0.2, -0.15) is 0 Å². The van der Waals surface area contributed by atoms with Crippen molar-refractivity contribution in [2.24, 2.45) is 0 Å². The molecule has 31 heavy (non-hydrogen) atoms. The number of benzene rings is 3. The fraction of sp³-hybridized carbons (Fsp3) is 0.296. The molecule has 0 saturated carbocycles. The summed E-state index contributed by atoms with van der Waals surface area (Å²) in [7, 11) is 0. The predicted octanol–water partition coefficient (Wildman–Crippen LogP) is 5.18. The Kier molecular flexibility index (Phi) is 7.35. The molecule has 0 spiro atoms. The van der Waals surface area contributed by atoms with Gasteiger partial charge in [0, 0.05) is 13.1 Å². The van der Waals surface area contributed by atoms with Crippen LogP contribution in [0.15, 0.2) is 78.9 Å². The molecule has 4 nitrogen and oxygen atoms in total. The highest BCUT2D eigenvalue weighted by Gasteiger charge is 2.13. The van der Waals surface area contributed by atoms with E-state index < -0.39 is 0 Å². The van der Waals surface area contributed by atoms with Crippen LogP contribution in [0.5, 0.6) is 5.75 Å². The van der Waals surface area contributed by atoms with Crippen molar-refractivity contribution in [3.8, 4) is 5.75 Å². The summed E-state index contributed by atoms with van der Waals surface area (Å²) < 4.78 is 5.92. The number of ether oxygens (including phenoxy) is 1. The van der Waals surface area contributed by atoms with Crippen molar-refractivity contribution in [2.45, 2.75) is 39.0 Å². The molecule has 0 radical (unpaired) electrons. The lowest BCUT2D eigenvalue weighted by molar-refractivity contribution is 0.0946. The van der Waals surface area contributed by atoms with Gasteiger partial charge in [-0.25, -0.2) is 0 Å². The van der Waals surface area contributed by atoms with E-state index in [4.69, 9.17) is 4.74 Å². The number of carbonyl (C=O) groups is 1. The zero-order chi connectivity index (χ0) is 21.3. The van der Waals surface area contributed by atoms with Crippen LogP contribution >= 0.6 is 0 Å². The fourth-order valence-corrected chi connectivity index (χ4v) is 3.93. The fourth-order valence-electron chi connectivity index (χ4n) is 3.93. The average molecular weight is 415 g/mol. The standard InChI is InChI=1S/C27H30N2O2/c30-27(25-11-5-6-12-26(25)31-21-24-9-3-1-4-10-24)28-19-22-13-15-23(16-14-22)20-29-17-7-2-8-18-29/h1,3-6,9-16H,2,7-8,17-21H2,(H,28,30). The summed E-state index contributed by atoms with van der Waals surface area (Å²) in [5, 5.41) is 3.03. The second-order valence-corrected chi connectivity index (χ2v) is 8.11. The largest absolute Gasteiger partial charge is 0.488 e. The maximum Gasteiger partial charge on any atom is 0.255 e. The molecule has 1 N–H and O–H groups in total. The molecule has 4 heteroatoms. The van der Waals surface area contributed by atoms with Crippen LogP contribution < -0.4 is 10.1 Å². The van der Waals surface area contributed by atoms with Crippen molar-refractivity contribution < 1.29 is 9.53 Å². The van der Waals surface area contributed by atoms with Gasteiger partial charge in [0.25, 0.3) is 5.91 Å². The number of para-hydroxylation sites is 1. The van der Waals surface area contributed by atoms with Gasteiger partial charge in [-0.3, -0.25) is 9.69 Å². The summed E-state index contributed by atoms with van der Waals surface area (Å²) in [6.07, 6.45) is 3.97. The summed E-state index contributed by atoms with van der Waals surface area (Å²) in [6, 6.07) is 25.9. The van der Waals surface area contributed by atoms with E-state index in [0.717, 1.165) is 17.7 Å². The second-order valence-electron chi connectivity index (χ2n) is 8.11. The number of hydrogen-bond acceptors (Lipinski definition) is 3. The number of piperidine rings is 1. The molecule has 1 fully saturated rings. The highest BCUT2D eigenvalue weighted by atomic mass is 16.5. The van der Waals surface area contributed by atoms with Crippen molar-refractivity contribution >= 4 is 5.91 Å². The number of carbonyl (C=O) groups excluding carboxylic acids is 1. The topological polar surface area (TPSA) is 41.6 Å². The minimum absolute atomic E-state index is 0.124. The van der Waals surface area contributed by atoms with Gasteiger partial charge in [-0.05, 0) is 54.8 Å². The summed E-state index contributed by atoms with van der Waals surface area (Å²) in [5.41, 5.74) is 4.05. The van der Waals surface area contributed by atoms with E-state index in [1.165, 1.54) is 37.9 Å². The Labute approximate surface area is 184 Å². The molecule has 0 aliphatic carbocycles. The van der Waals surface area contributed by atoms with Crippen molar-refractivity contribution in [1.82, 2.24) is 10.2 Å². The summed E-state index contributed by atoms with van der Waals surface area (Å²) in [5.74, 6) is 0.474. The SMILES string of the molecule is O=C(NCc1ccc(CN2CCCCC2)cc1)c1ccccc1OCc1ccccc1. The number of rotatable bonds is 8. The van der Waals surface area contributed by atoms with Gasteiger partial charge in [0.05, 0.1) is 5.56 Å². The van der Waals surface area contributed by atoms with Crippen molar-refractivity contribution in [1.29, 1.82) is 0 Å². The van der Waals surface area contributed by atoms with Crippen LogP contribution in [0.25, 0.3) is 0 Å². The number of hydrogen-bond donors (Lipinski definition) is 1. The molecule has 3 aromatic carbocycles. The predicted molar refractivity (Wildman–Crippen MR) is 124 cm³/mol. The summed E-state index contributed by atoms with van der Waals surface area (Å²) in [6.45, 7) is 4.34. The van der Waals surface area contributed by atoms with E-state index >= 15 is 0 Å². The third kappa shape index (κ3) is 6.19. The van der Waals surface area contributed by atoms with Gasteiger partial charge in [0.15, 0.2) is 0 Å². The Bertz CT molecular complexity index is 964. The number of likely N-dealkylation sites (tertiary alicyclic amines) is 1. The second kappa shape index (κ2) is 10.8. The summed E-state index contributed by atoms with van der Waals surface area (Å²) >= 11 is 0. The molecule has 0 unspecified atom stereocenters. The van der Waals surface area contributed by atoms with Crippen molar-refractivity contribution in [3.05, 3.63) is 101 Å². The Morgan fingerprint density at radius 1 is 0.774 bits per heavy atom. The third-order valence-corrected chi connectivity index (χ3v) is 5.70. The lowest BCUT2D eigenvalue weighted by atomic mass is 10.1. The molecule has 1 aliphatic rings. The first-order valence-corrected chi connectivity index (χ1v) is 11.1. The molecular formula is C27H30N2O2. The number of nitrogens with zero attached hydrogens (tertiary/aromatic N) is 1. The van der Waals surface area contributed by atoms with Gasteiger partial charge in [-0.1, -0.05) is 73.2 Å². The zero-order valence-electron chi connectivity index (χ0n) is 17.9. The highest BCUT2D eigenvalue weighted by Crippen LogP contribution is 2.20. The maximum absolute atomic E-state index is 12.8. The minimum atomic E-state index is -0.124. The van der Waals surface area contributed by atoms with E-state index in [1.54, 1.807) is 6.07 Å². The Hall–Kier alpha value is -3.11. The van der Waals surface area contributed by atoms with Crippen LogP contribution in [0, 0.1) is 0 Å². The van der Waals surface area contributed by atoms with Crippen LogP contribution in [0.1, 0.15) is 46.3 Å². The maximum atomic E-state index is 12.8. The lowest BCUT2D eigenvalue weighted by Crippen LogP contribution is -2.29. The number of nitrogens with one attached hydrogen (secondary N) is 1. The van der Waals surface area contributed by atoms with E-state index in [0.29, 0.717) is 24.5 Å². The van der Waals surface area contributed by atoms with E-state index in [-0.39, 0.29) is 5.91 Å². The summed E-state index contributed by atoms with van der Waals surface area (Å²) in [4.78, 5) is 15.3. The molecule has 1 aliphatic heterocycles.